The molecule has 7 nitrogen and oxygen atoms in total. The normalized spacial score (nSPS) is 17.4. The van der Waals surface area contributed by atoms with Crippen LogP contribution in [-0.2, 0) is 12.0 Å². The largest absolute Gasteiger partial charge is 0.487 e. The molecule has 10 heteroatoms. The van der Waals surface area contributed by atoms with E-state index in [2.05, 4.69) is 4.98 Å². The van der Waals surface area contributed by atoms with E-state index in [0.717, 1.165) is 18.9 Å². The molecule has 1 amide bonds. The van der Waals surface area contributed by atoms with Gasteiger partial charge < -0.3 is 19.9 Å². The highest BCUT2D eigenvalue weighted by molar-refractivity contribution is 7.15. The lowest BCUT2D eigenvalue weighted by Crippen LogP contribution is -2.58. The number of rotatable bonds is 9. The number of hydrogen-bond acceptors (Lipinski definition) is 6. The van der Waals surface area contributed by atoms with Gasteiger partial charge in [0.15, 0.2) is 11.4 Å². The van der Waals surface area contributed by atoms with Gasteiger partial charge >= 0.3 is 0 Å². The Bertz CT molecular complexity index is 1370. The third-order valence-electron chi connectivity index (χ3n) is 6.69. The zero-order valence-electron chi connectivity index (χ0n) is 21.5. The third-order valence-corrected chi connectivity index (χ3v) is 7.72. The Labute approximate surface area is 218 Å². The van der Waals surface area contributed by atoms with Crippen LogP contribution in [-0.4, -0.2) is 46.1 Å². The molecule has 3 aromatic rings. The van der Waals surface area contributed by atoms with E-state index < -0.39 is 22.6 Å². The van der Waals surface area contributed by atoms with Crippen LogP contribution < -0.4 is 15.9 Å². The van der Waals surface area contributed by atoms with Crippen LogP contribution in [0.1, 0.15) is 61.5 Å². The molecule has 0 saturated heterocycles. The molecular formula is C27H32F2N4O3S. The fourth-order valence-corrected chi connectivity index (χ4v) is 5.36. The summed E-state index contributed by atoms with van der Waals surface area (Å²) >= 11 is 1.24. The molecule has 4 rings (SSSR count). The number of carbonyl (C=O) groups is 1. The van der Waals surface area contributed by atoms with Crippen LogP contribution in [0.5, 0.6) is 5.75 Å². The van der Waals surface area contributed by atoms with E-state index in [1.807, 2.05) is 27.7 Å². The minimum absolute atomic E-state index is 0.00213. The molecule has 0 radical (unpaired) electrons. The zero-order valence-corrected chi connectivity index (χ0v) is 22.3. The number of aromatic nitrogens is 2. The van der Waals surface area contributed by atoms with Gasteiger partial charge in [-0.1, -0.05) is 19.4 Å². The van der Waals surface area contributed by atoms with E-state index in [9.17, 15) is 18.4 Å². The predicted molar refractivity (Wildman–Crippen MR) is 140 cm³/mol. The van der Waals surface area contributed by atoms with E-state index in [0.29, 0.717) is 28.6 Å². The minimum atomic E-state index is -0.670. The molecule has 1 unspecified atom stereocenters. The van der Waals surface area contributed by atoms with E-state index in [-0.39, 0.29) is 41.9 Å². The van der Waals surface area contributed by atoms with E-state index in [4.69, 9.17) is 10.5 Å². The third kappa shape index (κ3) is 5.17. The van der Waals surface area contributed by atoms with Gasteiger partial charge in [-0.05, 0) is 38.8 Å². The summed E-state index contributed by atoms with van der Waals surface area (Å²) in [5, 5.41) is 0.427. The number of unbranched alkanes of at least 4 members (excludes halogenated alkanes) is 1. The van der Waals surface area contributed by atoms with Crippen LogP contribution in [0.3, 0.4) is 0 Å². The Hall–Kier alpha value is -3.11. The maximum absolute atomic E-state index is 14.2. The first kappa shape index (κ1) is 26.9. The minimum Gasteiger partial charge on any atom is -0.487 e. The molecule has 1 aromatic carbocycles. The number of pyridine rings is 1. The maximum atomic E-state index is 14.2. The summed E-state index contributed by atoms with van der Waals surface area (Å²) in [4.78, 5) is 34.2. The summed E-state index contributed by atoms with van der Waals surface area (Å²) in [5.41, 5.74) is 5.94. The van der Waals surface area contributed by atoms with Crippen LogP contribution >= 0.6 is 11.3 Å². The first-order valence-electron chi connectivity index (χ1n) is 12.4. The van der Waals surface area contributed by atoms with Gasteiger partial charge in [0.25, 0.3) is 5.91 Å². The van der Waals surface area contributed by atoms with Crippen molar-refractivity contribution in [3.63, 3.8) is 0 Å². The number of amides is 1. The Kier molecular flexibility index (Phi) is 7.80. The zero-order chi connectivity index (χ0) is 26.9. The second kappa shape index (κ2) is 10.7. The summed E-state index contributed by atoms with van der Waals surface area (Å²) in [6, 6.07) is 3.37. The molecular weight excluding hydrogens is 498 g/mol. The summed E-state index contributed by atoms with van der Waals surface area (Å²) in [5.74, 6) is -1.55. The number of carbonyl (C=O) groups excluding carboxylic acids is 1. The number of nitrogens with two attached hydrogens (primary N) is 1. The van der Waals surface area contributed by atoms with Crippen molar-refractivity contribution in [2.24, 2.45) is 5.73 Å². The van der Waals surface area contributed by atoms with Crippen LogP contribution in [0.4, 0.5) is 8.78 Å². The Morgan fingerprint density at radius 3 is 2.68 bits per heavy atom. The van der Waals surface area contributed by atoms with Crippen LogP contribution in [0.2, 0.25) is 0 Å². The fraction of sp³-hybridized carbons (Fsp3) is 0.444. The first-order chi connectivity index (χ1) is 17.6. The molecule has 0 bridgehead atoms. The Morgan fingerprint density at radius 2 is 2.03 bits per heavy atom. The average Bonchev–Trinajstić information content (AvgIpc) is 3.32. The van der Waals surface area contributed by atoms with Gasteiger partial charge in [0, 0.05) is 48.9 Å². The van der Waals surface area contributed by atoms with Crippen LogP contribution in [0.15, 0.2) is 35.4 Å². The van der Waals surface area contributed by atoms with Crippen molar-refractivity contribution < 1.29 is 18.3 Å². The smallest absolute Gasteiger partial charge is 0.274 e. The van der Waals surface area contributed by atoms with Gasteiger partial charge in [0.1, 0.15) is 16.6 Å². The number of benzene rings is 1. The number of halogens is 2. The van der Waals surface area contributed by atoms with E-state index >= 15 is 0 Å². The SMILES string of the molecule is CCCCOc1c2n(cc(-c3ncc(Cc4ccc(F)cc4F)s3)c1=O)C(C)(CN)CN(C(C)C)C2=O. The van der Waals surface area contributed by atoms with E-state index in [1.54, 1.807) is 21.9 Å². The second-order valence-corrected chi connectivity index (χ2v) is 11.0. The fourth-order valence-electron chi connectivity index (χ4n) is 4.42. The molecule has 2 aromatic heterocycles. The molecule has 0 fully saturated rings. The summed E-state index contributed by atoms with van der Waals surface area (Å²) < 4.78 is 35.2. The number of nitrogens with zero attached hydrogens (tertiary/aromatic N) is 3. The first-order valence-corrected chi connectivity index (χ1v) is 13.2. The summed E-state index contributed by atoms with van der Waals surface area (Å²) in [6.45, 7) is 8.73. The van der Waals surface area contributed by atoms with Gasteiger partial charge in [-0.3, -0.25) is 9.59 Å². The molecule has 3 heterocycles. The molecule has 2 N–H and O–H groups in total. The maximum Gasteiger partial charge on any atom is 0.274 e. The topological polar surface area (TPSA) is 90.4 Å². The summed E-state index contributed by atoms with van der Waals surface area (Å²) in [6.07, 6.45) is 5.03. The van der Waals surface area contributed by atoms with Crippen molar-refractivity contribution in [2.45, 2.75) is 58.5 Å². The van der Waals surface area contributed by atoms with Gasteiger partial charge in [0.2, 0.25) is 5.43 Å². The van der Waals surface area contributed by atoms with Gasteiger partial charge in [-0.15, -0.1) is 11.3 Å². The quantitative estimate of drug-likeness (QED) is 0.410. The lowest BCUT2D eigenvalue weighted by molar-refractivity contribution is 0.0497. The highest BCUT2D eigenvalue weighted by Gasteiger charge is 2.42. The number of thiazole rings is 1. The number of hydrogen-bond donors (Lipinski definition) is 1. The molecule has 0 saturated carbocycles. The standard InChI is InChI=1S/C27H32F2N4O3S/c1-5-6-9-36-24-22-26(35)32(16(2)3)15-27(4,14-30)33(22)13-20(23(24)34)25-31-12-19(37-25)10-17-7-8-18(28)11-21(17)29/h7-8,11-13,16H,5-6,9-10,14-15,30H2,1-4H3. The highest BCUT2D eigenvalue weighted by atomic mass is 32.1. The molecule has 0 spiro atoms. The second-order valence-electron chi connectivity index (χ2n) is 9.89. The Morgan fingerprint density at radius 1 is 1.27 bits per heavy atom. The summed E-state index contributed by atoms with van der Waals surface area (Å²) in [7, 11) is 0. The number of fused-ring (bicyclic) bond motifs is 1. The molecule has 1 aliphatic heterocycles. The highest BCUT2D eigenvalue weighted by Crippen LogP contribution is 2.35. The van der Waals surface area contributed by atoms with Crippen LogP contribution in [0.25, 0.3) is 10.6 Å². The van der Waals surface area contributed by atoms with Crippen molar-refractivity contribution in [1.82, 2.24) is 14.5 Å². The van der Waals surface area contributed by atoms with Gasteiger partial charge in [-0.25, -0.2) is 13.8 Å². The lowest BCUT2D eigenvalue weighted by Gasteiger charge is -2.45. The molecule has 1 aliphatic rings. The van der Waals surface area contributed by atoms with Gasteiger partial charge in [0.05, 0.1) is 17.7 Å². The van der Waals surface area contributed by atoms with Crippen LogP contribution in [0, 0.1) is 11.6 Å². The Balaban J connectivity index is 1.83. The number of ether oxygens (including phenoxy) is 1. The average molecular weight is 531 g/mol. The molecule has 1 atom stereocenters. The lowest BCUT2D eigenvalue weighted by atomic mass is 9.94. The van der Waals surface area contributed by atoms with Crippen molar-refractivity contribution >= 4 is 17.2 Å². The van der Waals surface area contributed by atoms with Crippen molar-refractivity contribution in [1.29, 1.82) is 0 Å². The molecule has 0 aliphatic carbocycles. The monoisotopic (exact) mass is 530 g/mol. The van der Waals surface area contributed by atoms with Crippen molar-refractivity contribution in [3.05, 3.63) is 68.6 Å². The van der Waals surface area contributed by atoms with Crippen molar-refractivity contribution in [2.75, 3.05) is 19.7 Å². The predicted octanol–water partition coefficient (Wildman–Crippen LogP) is 4.56. The molecule has 37 heavy (non-hydrogen) atoms. The molecule has 198 valence electrons. The van der Waals surface area contributed by atoms with E-state index in [1.165, 1.54) is 23.5 Å². The van der Waals surface area contributed by atoms with Gasteiger partial charge in [-0.2, -0.15) is 0 Å². The van der Waals surface area contributed by atoms with Crippen molar-refractivity contribution in [3.8, 4) is 16.3 Å².